The second-order valence-corrected chi connectivity index (χ2v) is 12.8. The van der Waals surface area contributed by atoms with E-state index in [1.807, 2.05) is 11.3 Å². The summed E-state index contributed by atoms with van der Waals surface area (Å²) in [4.78, 5) is 2.66. The lowest BCUT2D eigenvalue weighted by Gasteiger charge is -2.16. The van der Waals surface area contributed by atoms with Gasteiger partial charge < -0.3 is 0 Å². The minimum atomic E-state index is 0.988. The molecule has 0 spiro atoms. The van der Waals surface area contributed by atoms with Crippen molar-refractivity contribution in [3.05, 3.63) is 129 Å². The second-order valence-electron chi connectivity index (χ2n) is 11.7. The topological polar surface area (TPSA) is 0 Å². The molecule has 5 rings (SSSR count). The summed E-state index contributed by atoms with van der Waals surface area (Å²) < 4.78 is 0. The lowest BCUT2D eigenvalue weighted by molar-refractivity contribution is 0.632. The van der Waals surface area contributed by atoms with Gasteiger partial charge in [0.25, 0.3) is 0 Å². The molecule has 0 saturated heterocycles. The molecule has 0 unspecified atom stereocenters. The summed E-state index contributed by atoms with van der Waals surface area (Å²) in [7, 11) is 0. The fourth-order valence-electron chi connectivity index (χ4n) is 6.12. The molecule has 4 aromatic rings. The van der Waals surface area contributed by atoms with E-state index >= 15 is 0 Å². The Bertz CT molecular complexity index is 1640. The number of benzene rings is 3. The summed E-state index contributed by atoms with van der Waals surface area (Å²) in [5, 5.41) is 2.45. The SMILES string of the molecule is C=c1cccc/c1=C(\CCCCC)c1cc(-c2ccc(C3=Cc4ccccc4CC=C3)s2)ccc1CCCCCCC. The van der Waals surface area contributed by atoms with Gasteiger partial charge in [-0.1, -0.05) is 132 Å². The lowest BCUT2D eigenvalue weighted by atomic mass is 9.89. The number of allylic oxidation sites excluding steroid dienone is 3. The molecule has 0 fully saturated rings. The first-order valence-corrected chi connectivity index (χ1v) is 17.0. The third-order valence-corrected chi connectivity index (χ3v) is 9.72. The van der Waals surface area contributed by atoms with E-state index in [9.17, 15) is 0 Å². The minimum absolute atomic E-state index is 0.988. The van der Waals surface area contributed by atoms with Crippen molar-refractivity contribution in [2.45, 2.75) is 84.5 Å². The highest BCUT2D eigenvalue weighted by molar-refractivity contribution is 7.16. The van der Waals surface area contributed by atoms with Crippen LogP contribution < -0.4 is 10.4 Å². The molecule has 0 bridgehead atoms. The maximum atomic E-state index is 4.45. The van der Waals surface area contributed by atoms with Crippen LogP contribution in [-0.4, -0.2) is 0 Å². The molecule has 42 heavy (non-hydrogen) atoms. The van der Waals surface area contributed by atoms with Crippen molar-refractivity contribution in [3.63, 3.8) is 0 Å². The number of unbranched alkanes of at least 4 members (excludes halogenated alkanes) is 6. The smallest absolute Gasteiger partial charge is 0.0349 e. The summed E-state index contributed by atoms with van der Waals surface area (Å²) in [6.45, 7) is 9.04. The van der Waals surface area contributed by atoms with Crippen LogP contribution in [0, 0.1) is 0 Å². The van der Waals surface area contributed by atoms with E-state index in [2.05, 4.69) is 118 Å². The quantitative estimate of drug-likeness (QED) is 0.140. The molecule has 1 aliphatic carbocycles. The van der Waals surface area contributed by atoms with Crippen molar-refractivity contribution < 1.29 is 0 Å². The zero-order valence-electron chi connectivity index (χ0n) is 25.6. The molecule has 1 heterocycles. The molecule has 0 nitrogen and oxygen atoms in total. The summed E-state index contributed by atoms with van der Waals surface area (Å²) in [5.74, 6) is 0. The Morgan fingerprint density at radius 1 is 0.762 bits per heavy atom. The summed E-state index contributed by atoms with van der Waals surface area (Å²) in [6.07, 6.45) is 20.4. The first kappa shape index (κ1) is 30.1. The first-order chi connectivity index (χ1) is 20.7. The number of hydrogen-bond donors (Lipinski definition) is 0. The fraction of sp³-hybridized carbons (Fsp3) is 0.317. The van der Waals surface area contributed by atoms with Crippen LogP contribution in [-0.2, 0) is 12.8 Å². The average molecular weight is 571 g/mol. The maximum absolute atomic E-state index is 4.45. The molecule has 0 saturated carbocycles. The highest BCUT2D eigenvalue weighted by Gasteiger charge is 2.14. The average Bonchev–Trinajstić information content (AvgIpc) is 3.40. The van der Waals surface area contributed by atoms with Gasteiger partial charge in [0.15, 0.2) is 0 Å². The van der Waals surface area contributed by atoms with Crippen LogP contribution in [0.4, 0.5) is 0 Å². The zero-order chi connectivity index (χ0) is 29.1. The zero-order valence-corrected chi connectivity index (χ0v) is 26.4. The molecule has 3 aromatic carbocycles. The maximum Gasteiger partial charge on any atom is 0.0349 e. The van der Waals surface area contributed by atoms with E-state index in [0.29, 0.717) is 0 Å². The normalized spacial score (nSPS) is 13.4. The predicted molar refractivity (Wildman–Crippen MR) is 187 cm³/mol. The summed E-state index contributed by atoms with van der Waals surface area (Å²) >= 11 is 1.91. The summed E-state index contributed by atoms with van der Waals surface area (Å²) in [5.41, 5.74) is 9.76. The molecule has 0 N–H and O–H groups in total. The van der Waals surface area contributed by atoms with E-state index in [1.54, 1.807) is 0 Å². The van der Waals surface area contributed by atoms with Gasteiger partial charge in [0.1, 0.15) is 0 Å². The molecule has 0 atom stereocenters. The van der Waals surface area contributed by atoms with Crippen LogP contribution in [0.3, 0.4) is 0 Å². The molecule has 0 radical (unpaired) electrons. The van der Waals surface area contributed by atoms with Crippen molar-refractivity contribution in [1.29, 1.82) is 0 Å². The monoisotopic (exact) mass is 570 g/mol. The van der Waals surface area contributed by atoms with Gasteiger partial charge >= 0.3 is 0 Å². The van der Waals surface area contributed by atoms with E-state index < -0.39 is 0 Å². The molecule has 1 aliphatic rings. The third kappa shape index (κ3) is 7.50. The Morgan fingerprint density at radius 2 is 1.52 bits per heavy atom. The van der Waals surface area contributed by atoms with E-state index in [4.69, 9.17) is 0 Å². The van der Waals surface area contributed by atoms with Gasteiger partial charge in [0.2, 0.25) is 0 Å². The third-order valence-electron chi connectivity index (χ3n) is 8.53. The highest BCUT2D eigenvalue weighted by atomic mass is 32.1. The Labute approximate surface area is 257 Å². The minimum Gasteiger partial charge on any atom is -0.135 e. The first-order valence-electron chi connectivity index (χ1n) is 16.1. The van der Waals surface area contributed by atoms with Gasteiger partial charge in [0, 0.05) is 9.75 Å². The van der Waals surface area contributed by atoms with Crippen LogP contribution in [0.25, 0.3) is 34.2 Å². The second kappa shape index (κ2) is 15.2. The number of aryl methyl sites for hydroxylation is 1. The van der Waals surface area contributed by atoms with Gasteiger partial charge in [-0.05, 0) is 106 Å². The summed E-state index contributed by atoms with van der Waals surface area (Å²) in [6, 6.07) is 29.4. The van der Waals surface area contributed by atoms with Crippen LogP contribution in [0.1, 0.15) is 98.8 Å². The standard InChI is InChI=1S/C41H46S/c1-4-6-8-9-11-19-33-25-26-36(30-39(33)38(24-10-7-5-2)37-23-15-12-17-31(37)3)41-28-27-40(42-41)35-22-16-21-32-18-13-14-20-34(32)29-35/h12-18,20,22-23,25-30H,3-11,19,21,24H2,1-2H3/b38-37-. The Balaban J connectivity index is 1.54. The lowest BCUT2D eigenvalue weighted by Crippen LogP contribution is -2.26. The van der Waals surface area contributed by atoms with Crippen LogP contribution >= 0.6 is 11.3 Å². The number of thiophene rings is 1. The van der Waals surface area contributed by atoms with Crippen LogP contribution in [0.5, 0.6) is 0 Å². The highest BCUT2D eigenvalue weighted by Crippen LogP contribution is 2.37. The van der Waals surface area contributed by atoms with E-state index in [-0.39, 0.29) is 0 Å². The van der Waals surface area contributed by atoms with Crippen molar-refractivity contribution in [2.75, 3.05) is 0 Å². The fourth-order valence-corrected chi connectivity index (χ4v) is 7.12. The molecule has 1 aromatic heterocycles. The van der Waals surface area contributed by atoms with Crippen molar-refractivity contribution in [2.24, 2.45) is 0 Å². The molecular weight excluding hydrogens is 525 g/mol. The number of rotatable bonds is 13. The Hall–Kier alpha value is -3.42. The van der Waals surface area contributed by atoms with Crippen LogP contribution in [0.15, 0.2) is 91.0 Å². The van der Waals surface area contributed by atoms with Gasteiger partial charge in [-0.25, -0.2) is 0 Å². The van der Waals surface area contributed by atoms with Gasteiger partial charge in [0.05, 0.1) is 0 Å². The van der Waals surface area contributed by atoms with Gasteiger partial charge in [-0.3, -0.25) is 0 Å². The van der Waals surface area contributed by atoms with Crippen molar-refractivity contribution in [3.8, 4) is 10.4 Å². The molecule has 0 aliphatic heterocycles. The van der Waals surface area contributed by atoms with Crippen molar-refractivity contribution >= 4 is 35.1 Å². The van der Waals surface area contributed by atoms with Gasteiger partial charge in [-0.15, -0.1) is 11.3 Å². The molecule has 1 heteroatoms. The Morgan fingerprint density at radius 3 is 2.38 bits per heavy atom. The molecule has 216 valence electrons. The van der Waals surface area contributed by atoms with E-state index in [0.717, 1.165) is 24.5 Å². The molecular formula is C41H46S. The van der Waals surface area contributed by atoms with Crippen LogP contribution in [0.2, 0.25) is 0 Å². The molecule has 0 amide bonds. The number of fused-ring (bicyclic) bond motifs is 1. The van der Waals surface area contributed by atoms with Crippen molar-refractivity contribution in [1.82, 2.24) is 0 Å². The van der Waals surface area contributed by atoms with E-state index in [1.165, 1.54) is 105 Å². The number of hydrogen-bond acceptors (Lipinski definition) is 1. The van der Waals surface area contributed by atoms with Gasteiger partial charge in [-0.2, -0.15) is 0 Å². The largest absolute Gasteiger partial charge is 0.135 e. The Kier molecular flexibility index (Phi) is 10.9. The predicted octanol–water partition coefficient (Wildman–Crippen LogP) is 10.8.